The van der Waals surface area contributed by atoms with Gasteiger partial charge < -0.3 is 15.0 Å². The molecule has 204 valence electrons. The first-order valence-electron chi connectivity index (χ1n) is 11.8. The third-order valence-electron chi connectivity index (χ3n) is 5.50. The van der Waals surface area contributed by atoms with Crippen LogP contribution in [0.1, 0.15) is 46.1 Å². The number of methoxy groups -OCH3 is 1. The zero-order valence-electron chi connectivity index (χ0n) is 22.0. The SMILES string of the molecule is COc1cccc(N(CCCC(=O)N(Cc2ccc(Cl)c(Cl)c2)[C@@H](C)C(=O)NC(C)(C)C)S(C)(=O)=O)c1. The lowest BCUT2D eigenvalue weighted by Crippen LogP contribution is -2.52. The molecule has 2 amide bonds. The first kappa shape index (κ1) is 30.7. The normalized spacial score (nSPS) is 12.5. The Morgan fingerprint density at radius 3 is 2.32 bits per heavy atom. The quantitative estimate of drug-likeness (QED) is 0.414. The van der Waals surface area contributed by atoms with Crippen molar-refractivity contribution < 1.29 is 22.7 Å². The second-order valence-corrected chi connectivity index (χ2v) is 12.5. The van der Waals surface area contributed by atoms with Crippen molar-refractivity contribution in [1.29, 1.82) is 0 Å². The summed E-state index contributed by atoms with van der Waals surface area (Å²) >= 11 is 12.2. The summed E-state index contributed by atoms with van der Waals surface area (Å²) in [7, 11) is -2.11. The molecule has 0 saturated heterocycles. The molecule has 2 aromatic rings. The van der Waals surface area contributed by atoms with E-state index in [1.54, 1.807) is 49.4 Å². The fraction of sp³-hybridized carbons (Fsp3) is 0.462. The minimum atomic E-state index is -3.61. The average molecular weight is 573 g/mol. The summed E-state index contributed by atoms with van der Waals surface area (Å²) in [6, 6.07) is 11.0. The summed E-state index contributed by atoms with van der Waals surface area (Å²) in [5.74, 6) is -0.0644. The summed E-state index contributed by atoms with van der Waals surface area (Å²) in [5.41, 5.74) is 0.684. The van der Waals surface area contributed by atoms with E-state index in [1.165, 1.54) is 16.3 Å². The van der Waals surface area contributed by atoms with Crippen molar-refractivity contribution in [2.75, 3.05) is 24.2 Å². The van der Waals surface area contributed by atoms with E-state index in [-0.39, 0.29) is 37.7 Å². The highest BCUT2D eigenvalue weighted by Gasteiger charge is 2.29. The Labute approximate surface area is 229 Å². The molecule has 0 heterocycles. The summed E-state index contributed by atoms with van der Waals surface area (Å²) < 4.78 is 31.4. The molecule has 0 aliphatic heterocycles. The lowest BCUT2D eigenvalue weighted by molar-refractivity contribution is -0.141. The number of carbonyl (C=O) groups is 2. The van der Waals surface area contributed by atoms with Crippen molar-refractivity contribution >= 4 is 50.7 Å². The number of sulfonamides is 1. The number of nitrogens with one attached hydrogen (secondary N) is 1. The molecule has 37 heavy (non-hydrogen) atoms. The molecule has 0 unspecified atom stereocenters. The van der Waals surface area contributed by atoms with Gasteiger partial charge >= 0.3 is 0 Å². The molecule has 0 saturated carbocycles. The van der Waals surface area contributed by atoms with Crippen LogP contribution in [-0.2, 0) is 26.2 Å². The average Bonchev–Trinajstić information content (AvgIpc) is 2.80. The van der Waals surface area contributed by atoms with E-state index in [0.29, 0.717) is 27.0 Å². The number of anilines is 1. The molecule has 8 nitrogen and oxygen atoms in total. The van der Waals surface area contributed by atoms with Crippen LogP contribution in [0.5, 0.6) is 5.75 Å². The number of ether oxygens (including phenoxy) is 1. The van der Waals surface area contributed by atoms with E-state index in [2.05, 4.69) is 5.32 Å². The van der Waals surface area contributed by atoms with Gasteiger partial charge in [0, 0.05) is 31.1 Å². The highest BCUT2D eigenvalue weighted by Crippen LogP contribution is 2.25. The fourth-order valence-corrected chi connectivity index (χ4v) is 4.94. The molecule has 0 bridgehead atoms. The molecule has 0 aliphatic carbocycles. The molecule has 0 aliphatic rings. The fourth-order valence-electron chi connectivity index (χ4n) is 3.66. The third kappa shape index (κ3) is 9.39. The van der Waals surface area contributed by atoms with E-state index >= 15 is 0 Å². The number of amides is 2. The molecule has 1 N–H and O–H groups in total. The number of halogens is 2. The predicted octanol–water partition coefficient (Wildman–Crippen LogP) is 4.88. The smallest absolute Gasteiger partial charge is 0.242 e. The number of hydrogen-bond donors (Lipinski definition) is 1. The maximum absolute atomic E-state index is 13.4. The monoisotopic (exact) mass is 571 g/mol. The topological polar surface area (TPSA) is 96.0 Å². The molecule has 0 fully saturated rings. The Morgan fingerprint density at radius 2 is 1.76 bits per heavy atom. The molecule has 1 atom stereocenters. The van der Waals surface area contributed by atoms with Crippen LogP contribution in [0.2, 0.25) is 10.0 Å². The standard InChI is InChI=1S/C26H35Cl2N3O5S/c1-18(25(33)29-26(2,3)4)30(17-19-12-13-22(27)23(28)15-19)24(32)11-8-14-31(37(6,34)35)20-9-7-10-21(16-20)36-5/h7,9-10,12-13,15-16,18H,8,11,14,17H2,1-6H3,(H,29,33)/t18-/m0/s1. The maximum Gasteiger partial charge on any atom is 0.242 e. The van der Waals surface area contributed by atoms with Gasteiger partial charge in [0.2, 0.25) is 21.8 Å². The number of nitrogens with zero attached hydrogens (tertiary/aromatic N) is 2. The minimum Gasteiger partial charge on any atom is -0.497 e. The van der Waals surface area contributed by atoms with Crippen LogP contribution in [0.25, 0.3) is 0 Å². The van der Waals surface area contributed by atoms with Crippen molar-refractivity contribution in [3.05, 3.63) is 58.1 Å². The lowest BCUT2D eigenvalue weighted by atomic mass is 10.1. The van der Waals surface area contributed by atoms with Gasteiger partial charge in [-0.15, -0.1) is 0 Å². The van der Waals surface area contributed by atoms with Crippen LogP contribution in [0, 0.1) is 0 Å². The number of benzene rings is 2. The van der Waals surface area contributed by atoms with Gasteiger partial charge in [0.15, 0.2) is 0 Å². The van der Waals surface area contributed by atoms with Crippen molar-refractivity contribution in [1.82, 2.24) is 10.2 Å². The van der Waals surface area contributed by atoms with Gasteiger partial charge in [-0.1, -0.05) is 35.3 Å². The first-order chi connectivity index (χ1) is 17.1. The van der Waals surface area contributed by atoms with E-state index in [4.69, 9.17) is 27.9 Å². The van der Waals surface area contributed by atoms with Crippen LogP contribution in [-0.4, -0.2) is 56.6 Å². The zero-order chi connectivity index (χ0) is 28.0. The van der Waals surface area contributed by atoms with Crippen LogP contribution < -0.4 is 14.4 Å². The highest BCUT2D eigenvalue weighted by molar-refractivity contribution is 7.92. The molecular formula is C26H35Cl2N3O5S. The van der Waals surface area contributed by atoms with Crippen LogP contribution in [0.4, 0.5) is 5.69 Å². The van der Waals surface area contributed by atoms with Gasteiger partial charge in [0.25, 0.3) is 0 Å². The molecular weight excluding hydrogens is 537 g/mol. The van der Waals surface area contributed by atoms with E-state index < -0.39 is 21.6 Å². The van der Waals surface area contributed by atoms with Crippen LogP contribution in [0.15, 0.2) is 42.5 Å². The molecule has 2 aromatic carbocycles. The van der Waals surface area contributed by atoms with Gasteiger partial charge in [0.1, 0.15) is 11.8 Å². The Kier molecular flexibility index (Phi) is 10.7. The summed E-state index contributed by atoms with van der Waals surface area (Å²) in [6.45, 7) is 7.47. The van der Waals surface area contributed by atoms with Gasteiger partial charge in [-0.05, 0) is 63.9 Å². The largest absolute Gasteiger partial charge is 0.497 e. The first-order valence-corrected chi connectivity index (χ1v) is 14.4. The van der Waals surface area contributed by atoms with Crippen LogP contribution >= 0.6 is 23.2 Å². The van der Waals surface area contributed by atoms with Gasteiger partial charge in [-0.3, -0.25) is 13.9 Å². The molecule has 2 rings (SSSR count). The summed E-state index contributed by atoms with van der Waals surface area (Å²) in [6.07, 6.45) is 1.39. The maximum atomic E-state index is 13.4. The van der Waals surface area contributed by atoms with E-state index in [9.17, 15) is 18.0 Å². The summed E-state index contributed by atoms with van der Waals surface area (Å²) in [5, 5.41) is 3.64. The second-order valence-electron chi connectivity index (χ2n) is 9.83. The van der Waals surface area contributed by atoms with Crippen molar-refractivity contribution in [3.63, 3.8) is 0 Å². The Morgan fingerprint density at radius 1 is 1.08 bits per heavy atom. The molecule has 11 heteroatoms. The van der Waals surface area contributed by atoms with Gasteiger partial charge in [0.05, 0.1) is 29.1 Å². The molecule has 0 aromatic heterocycles. The number of carbonyl (C=O) groups excluding carboxylic acids is 2. The number of hydrogen-bond acceptors (Lipinski definition) is 5. The highest BCUT2D eigenvalue weighted by atomic mass is 35.5. The van der Waals surface area contributed by atoms with Crippen molar-refractivity contribution in [2.24, 2.45) is 0 Å². The lowest BCUT2D eigenvalue weighted by Gasteiger charge is -2.32. The zero-order valence-corrected chi connectivity index (χ0v) is 24.4. The molecule has 0 radical (unpaired) electrons. The second kappa shape index (κ2) is 12.8. The summed E-state index contributed by atoms with van der Waals surface area (Å²) in [4.78, 5) is 27.8. The minimum absolute atomic E-state index is 0.0322. The van der Waals surface area contributed by atoms with Crippen LogP contribution in [0.3, 0.4) is 0 Å². The molecule has 0 spiro atoms. The van der Waals surface area contributed by atoms with Gasteiger partial charge in [-0.25, -0.2) is 8.42 Å². The van der Waals surface area contributed by atoms with Gasteiger partial charge in [-0.2, -0.15) is 0 Å². The Hall–Kier alpha value is -2.49. The Bertz CT molecular complexity index is 1210. The number of rotatable bonds is 11. The van der Waals surface area contributed by atoms with E-state index in [0.717, 1.165) is 6.26 Å². The predicted molar refractivity (Wildman–Crippen MR) is 149 cm³/mol. The van der Waals surface area contributed by atoms with Crippen molar-refractivity contribution in [3.8, 4) is 5.75 Å². The Balaban J connectivity index is 2.23. The van der Waals surface area contributed by atoms with E-state index in [1.807, 2.05) is 20.8 Å². The third-order valence-corrected chi connectivity index (χ3v) is 7.43. The van der Waals surface area contributed by atoms with Crippen molar-refractivity contribution in [2.45, 2.75) is 58.7 Å².